The number of hydrogen-bond donors (Lipinski definition) is 0. The van der Waals surface area contributed by atoms with Crippen molar-refractivity contribution in [3.8, 4) is 0 Å². The smallest absolute Gasteiger partial charge is 0.123 e. The van der Waals surface area contributed by atoms with Crippen LogP contribution in [0.1, 0.15) is 72.6 Å². The second-order valence-corrected chi connectivity index (χ2v) is 5.77. The molecule has 1 nitrogen and oxygen atoms in total. The summed E-state index contributed by atoms with van der Waals surface area (Å²) in [4.78, 5) is 10.2. The van der Waals surface area contributed by atoms with Crippen LogP contribution in [-0.2, 0) is 4.79 Å². The molecule has 0 saturated heterocycles. The van der Waals surface area contributed by atoms with Gasteiger partial charge in [0, 0.05) is 6.42 Å². The molecule has 0 radical (unpaired) electrons. The molecule has 0 bridgehead atoms. The van der Waals surface area contributed by atoms with Crippen molar-refractivity contribution in [2.24, 2.45) is 11.8 Å². The van der Waals surface area contributed by atoms with E-state index in [4.69, 9.17) is 0 Å². The summed E-state index contributed by atoms with van der Waals surface area (Å²) in [5, 5.41) is 0. The van der Waals surface area contributed by atoms with E-state index < -0.39 is 0 Å². The van der Waals surface area contributed by atoms with Gasteiger partial charge in [-0.15, -0.1) is 0 Å². The molecule has 0 rings (SSSR count). The van der Waals surface area contributed by atoms with Gasteiger partial charge >= 0.3 is 0 Å². The fourth-order valence-electron chi connectivity index (χ4n) is 2.10. The van der Waals surface area contributed by atoms with Crippen molar-refractivity contribution < 1.29 is 4.79 Å². The molecule has 0 saturated carbocycles. The fraction of sp³-hybridized carbons (Fsp3) is 0.812. The third-order valence-corrected chi connectivity index (χ3v) is 3.31. The Morgan fingerprint density at radius 1 is 1.06 bits per heavy atom. The van der Waals surface area contributed by atoms with Crippen LogP contribution in [0.25, 0.3) is 0 Å². The summed E-state index contributed by atoms with van der Waals surface area (Å²) in [5.74, 6) is 1.70. The Hall–Kier alpha value is -0.590. The van der Waals surface area contributed by atoms with Crippen molar-refractivity contribution in [2.75, 3.05) is 0 Å². The van der Waals surface area contributed by atoms with Gasteiger partial charge < -0.3 is 4.79 Å². The normalized spacial score (nSPS) is 14.1. The first kappa shape index (κ1) is 16.4. The Bertz CT molecular complexity index is 216. The molecule has 0 fully saturated rings. The second kappa shape index (κ2) is 10.6. The van der Waals surface area contributed by atoms with Gasteiger partial charge in [0.15, 0.2) is 0 Å². The molecule has 1 heteroatoms. The van der Waals surface area contributed by atoms with E-state index >= 15 is 0 Å². The third-order valence-electron chi connectivity index (χ3n) is 3.31. The van der Waals surface area contributed by atoms with Crippen LogP contribution < -0.4 is 0 Å². The molecule has 0 amide bonds. The highest BCUT2D eigenvalue weighted by molar-refractivity contribution is 5.52. The van der Waals surface area contributed by atoms with E-state index in [1.54, 1.807) is 0 Å². The molecule has 1 atom stereocenters. The van der Waals surface area contributed by atoms with Crippen LogP contribution in [0.4, 0.5) is 0 Å². The highest BCUT2D eigenvalue weighted by atomic mass is 16.1. The molecule has 100 valence electrons. The topological polar surface area (TPSA) is 17.1 Å². The largest absolute Gasteiger partial charge is 0.303 e. The first-order chi connectivity index (χ1) is 8.06. The standard InChI is InChI=1S/C16H30O/c1-14(2)8-5-9-15(3)10-6-11-16(4)12-7-13-17/h12-15H,5-11H2,1-4H3/b16-12+. The van der Waals surface area contributed by atoms with Crippen molar-refractivity contribution in [1.29, 1.82) is 0 Å². The maximum absolute atomic E-state index is 10.2. The Morgan fingerprint density at radius 2 is 1.71 bits per heavy atom. The molecule has 0 aromatic heterocycles. The lowest BCUT2D eigenvalue weighted by Crippen LogP contribution is -1.97. The Balaban J connectivity index is 3.50. The molecule has 0 aliphatic carbocycles. The van der Waals surface area contributed by atoms with E-state index in [1.165, 1.54) is 37.7 Å². The van der Waals surface area contributed by atoms with Gasteiger partial charge in [0.1, 0.15) is 6.29 Å². The van der Waals surface area contributed by atoms with Gasteiger partial charge in [-0.05, 0) is 31.6 Å². The first-order valence-corrected chi connectivity index (χ1v) is 7.15. The fourth-order valence-corrected chi connectivity index (χ4v) is 2.10. The number of carbonyl (C=O) groups excluding carboxylic acids is 1. The molecular formula is C16H30O. The zero-order chi connectivity index (χ0) is 13.1. The van der Waals surface area contributed by atoms with E-state index in [1.807, 2.05) is 0 Å². The summed E-state index contributed by atoms with van der Waals surface area (Å²) in [6.45, 7) is 9.09. The highest BCUT2D eigenvalue weighted by Crippen LogP contribution is 2.19. The van der Waals surface area contributed by atoms with Crippen LogP contribution in [0, 0.1) is 11.8 Å². The summed E-state index contributed by atoms with van der Waals surface area (Å²) in [6, 6.07) is 0. The highest BCUT2D eigenvalue weighted by Gasteiger charge is 2.03. The monoisotopic (exact) mass is 238 g/mol. The lowest BCUT2D eigenvalue weighted by Gasteiger charge is -2.12. The van der Waals surface area contributed by atoms with E-state index in [0.717, 1.165) is 24.5 Å². The van der Waals surface area contributed by atoms with Crippen LogP contribution in [0.15, 0.2) is 11.6 Å². The number of rotatable bonds is 10. The molecule has 0 aliphatic rings. The summed E-state index contributed by atoms with van der Waals surface area (Å²) in [7, 11) is 0. The molecule has 0 heterocycles. The van der Waals surface area contributed by atoms with Gasteiger partial charge in [-0.2, -0.15) is 0 Å². The minimum absolute atomic E-state index is 0.579. The van der Waals surface area contributed by atoms with Crippen molar-refractivity contribution in [3.63, 3.8) is 0 Å². The molecular weight excluding hydrogens is 208 g/mol. The minimum atomic E-state index is 0.579. The van der Waals surface area contributed by atoms with Gasteiger partial charge in [0.25, 0.3) is 0 Å². The van der Waals surface area contributed by atoms with Crippen molar-refractivity contribution in [2.45, 2.75) is 72.6 Å². The van der Waals surface area contributed by atoms with Crippen LogP contribution in [-0.4, -0.2) is 6.29 Å². The lowest BCUT2D eigenvalue weighted by molar-refractivity contribution is -0.107. The van der Waals surface area contributed by atoms with Gasteiger partial charge in [-0.25, -0.2) is 0 Å². The van der Waals surface area contributed by atoms with Gasteiger partial charge in [0.05, 0.1) is 0 Å². The SMILES string of the molecule is C/C(=C\CC=O)CCCC(C)CCCC(C)C. The Morgan fingerprint density at radius 3 is 2.29 bits per heavy atom. The average Bonchev–Trinajstić information content (AvgIpc) is 2.25. The first-order valence-electron chi connectivity index (χ1n) is 7.15. The Kier molecular flexibility index (Phi) is 10.2. The predicted molar refractivity (Wildman–Crippen MR) is 76.1 cm³/mol. The van der Waals surface area contributed by atoms with Gasteiger partial charge in [-0.1, -0.05) is 58.1 Å². The predicted octanol–water partition coefficient (Wildman–Crippen LogP) is 5.15. The maximum atomic E-state index is 10.2. The molecule has 0 spiro atoms. The van der Waals surface area contributed by atoms with E-state index in [0.29, 0.717) is 6.42 Å². The summed E-state index contributed by atoms with van der Waals surface area (Å²) in [6.07, 6.45) is 11.5. The summed E-state index contributed by atoms with van der Waals surface area (Å²) >= 11 is 0. The number of aldehydes is 1. The van der Waals surface area contributed by atoms with E-state index in [9.17, 15) is 4.79 Å². The summed E-state index contributed by atoms with van der Waals surface area (Å²) in [5.41, 5.74) is 1.37. The maximum Gasteiger partial charge on any atom is 0.123 e. The van der Waals surface area contributed by atoms with Crippen LogP contribution >= 0.6 is 0 Å². The summed E-state index contributed by atoms with van der Waals surface area (Å²) < 4.78 is 0. The molecule has 17 heavy (non-hydrogen) atoms. The Labute approximate surface area is 108 Å². The molecule has 1 unspecified atom stereocenters. The quantitative estimate of drug-likeness (QED) is 0.380. The zero-order valence-corrected chi connectivity index (χ0v) is 12.2. The number of allylic oxidation sites excluding steroid dienone is 2. The second-order valence-electron chi connectivity index (χ2n) is 5.77. The van der Waals surface area contributed by atoms with Crippen LogP contribution in [0.2, 0.25) is 0 Å². The molecule has 0 aromatic carbocycles. The van der Waals surface area contributed by atoms with E-state index in [-0.39, 0.29) is 0 Å². The number of carbonyl (C=O) groups is 1. The minimum Gasteiger partial charge on any atom is -0.303 e. The lowest BCUT2D eigenvalue weighted by atomic mass is 9.94. The molecule has 0 aliphatic heterocycles. The van der Waals surface area contributed by atoms with Crippen LogP contribution in [0.3, 0.4) is 0 Å². The van der Waals surface area contributed by atoms with Crippen molar-refractivity contribution >= 4 is 6.29 Å². The molecule has 0 N–H and O–H groups in total. The zero-order valence-electron chi connectivity index (χ0n) is 12.2. The van der Waals surface area contributed by atoms with Crippen molar-refractivity contribution in [1.82, 2.24) is 0 Å². The van der Waals surface area contributed by atoms with Gasteiger partial charge in [0.2, 0.25) is 0 Å². The molecule has 0 aromatic rings. The third kappa shape index (κ3) is 11.7. The van der Waals surface area contributed by atoms with Crippen molar-refractivity contribution in [3.05, 3.63) is 11.6 Å². The average molecular weight is 238 g/mol. The van der Waals surface area contributed by atoms with E-state index in [2.05, 4.69) is 33.8 Å². The van der Waals surface area contributed by atoms with Gasteiger partial charge in [-0.3, -0.25) is 0 Å². The van der Waals surface area contributed by atoms with Crippen LogP contribution in [0.5, 0.6) is 0 Å². The number of hydrogen-bond acceptors (Lipinski definition) is 1.